The first-order chi connectivity index (χ1) is 11.8. The highest BCUT2D eigenvalue weighted by Crippen LogP contribution is 2.39. The molecule has 7 nitrogen and oxygen atoms in total. The first kappa shape index (κ1) is 17.4. The maximum absolute atomic E-state index is 12.8. The van der Waals surface area contributed by atoms with Gasteiger partial charge >= 0.3 is 0 Å². The third-order valence-electron chi connectivity index (χ3n) is 3.57. The topological polar surface area (TPSA) is 93.7 Å². The van der Waals surface area contributed by atoms with Crippen molar-refractivity contribution in [3.8, 4) is 11.5 Å². The molecule has 0 fully saturated rings. The number of fused-ring (bicyclic) bond motifs is 1. The molecule has 0 radical (unpaired) electrons. The van der Waals surface area contributed by atoms with Crippen LogP contribution in [0.4, 0.5) is 11.4 Å². The van der Waals surface area contributed by atoms with Crippen LogP contribution in [0.15, 0.2) is 41.3 Å². The third-order valence-corrected chi connectivity index (χ3v) is 5.18. The first-order valence-corrected chi connectivity index (χ1v) is 9.14. The lowest BCUT2D eigenvalue weighted by molar-refractivity contribution is -0.122. The lowest BCUT2D eigenvalue weighted by Crippen LogP contribution is -2.35. The summed E-state index contributed by atoms with van der Waals surface area (Å²) in [7, 11) is -2.47. The fourth-order valence-electron chi connectivity index (χ4n) is 2.32. The molecule has 2 aromatic carbocycles. The predicted molar refractivity (Wildman–Crippen MR) is 94.0 cm³/mol. The summed E-state index contributed by atoms with van der Waals surface area (Å²) in [5, 5.41) is 2.74. The summed E-state index contributed by atoms with van der Waals surface area (Å²) in [6, 6.07) is 9.11. The van der Waals surface area contributed by atoms with Crippen molar-refractivity contribution in [2.45, 2.75) is 17.9 Å². The van der Waals surface area contributed by atoms with E-state index < -0.39 is 16.1 Å². The molecule has 0 saturated carbocycles. The minimum absolute atomic E-state index is 0.0533. The van der Waals surface area contributed by atoms with Crippen molar-refractivity contribution < 1.29 is 22.7 Å². The van der Waals surface area contributed by atoms with E-state index in [1.165, 1.54) is 26.2 Å². The number of amides is 1. The van der Waals surface area contributed by atoms with E-state index >= 15 is 0 Å². The van der Waals surface area contributed by atoms with E-state index in [0.29, 0.717) is 11.4 Å². The Kier molecular flexibility index (Phi) is 4.49. The molecule has 9 heteroatoms. The van der Waals surface area contributed by atoms with E-state index in [2.05, 4.69) is 10.0 Å². The molecular weight excluding hydrogens is 368 g/mol. The number of hydrogen-bond donors (Lipinski definition) is 2. The summed E-state index contributed by atoms with van der Waals surface area (Å²) in [6.07, 6.45) is -0.816. The molecule has 0 saturated heterocycles. The van der Waals surface area contributed by atoms with Gasteiger partial charge in [-0.05, 0) is 43.3 Å². The summed E-state index contributed by atoms with van der Waals surface area (Å²) in [5.41, 5.74) is 0.563. The van der Waals surface area contributed by atoms with E-state index in [0.717, 1.165) is 0 Å². The first-order valence-electron chi connectivity index (χ1n) is 7.28. The molecule has 1 heterocycles. The number of ether oxygens (including phenoxy) is 2. The van der Waals surface area contributed by atoms with Gasteiger partial charge in [-0.1, -0.05) is 11.6 Å². The lowest BCUT2D eigenvalue weighted by atomic mass is 10.2. The zero-order valence-corrected chi connectivity index (χ0v) is 14.9. The molecule has 2 N–H and O–H groups in total. The average Bonchev–Trinajstić information content (AvgIpc) is 2.56. The Morgan fingerprint density at radius 1 is 1.24 bits per heavy atom. The molecule has 0 bridgehead atoms. The van der Waals surface area contributed by atoms with E-state index in [-0.39, 0.29) is 27.3 Å². The second-order valence-corrected chi connectivity index (χ2v) is 7.45. The van der Waals surface area contributed by atoms with Crippen molar-refractivity contribution >= 4 is 38.9 Å². The maximum Gasteiger partial charge on any atom is 0.265 e. The molecule has 25 heavy (non-hydrogen) atoms. The van der Waals surface area contributed by atoms with Crippen molar-refractivity contribution in [2.75, 3.05) is 17.1 Å². The van der Waals surface area contributed by atoms with Crippen LogP contribution < -0.4 is 19.5 Å². The Labute approximate surface area is 149 Å². The number of halogens is 1. The van der Waals surface area contributed by atoms with Gasteiger partial charge in [0.1, 0.15) is 10.6 Å². The van der Waals surface area contributed by atoms with Crippen molar-refractivity contribution in [1.82, 2.24) is 0 Å². The maximum atomic E-state index is 12.8. The minimum atomic E-state index is -3.99. The molecular formula is C16H15ClN2O5S. The number of carbonyl (C=O) groups excluding carboxylic acids is 1. The predicted octanol–water partition coefficient (Wildman–Crippen LogP) is 2.87. The Morgan fingerprint density at radius 3 is 2.56 bits per heavy atom. The van der Waals surface area contributed by atoms with E-state index in [9.17, 15) is 13.2 Å². The quantitative estimate of drug-likeness (QED) is 0.848. The zero-order chi connectivity index (χ0) is 18.2. The molecule has 1 aliphatic rings. The second kappa shape index (κ2) is 6.45. The largest absolute Gasteiger partial charge is 0.497 e. The van der Waals surface area contributed by atoms with Gasteiger partial charge in [0.05, 0.1) is 12.8 Å². The highest BCUT2D eigenvalue weighted by Gasteiger charge is 2.31. The Morgan fingerprint density at radius 2 is 1.92 bits per heavy atom. The van der Waals surface area contributed by atoms with Gasteiger partial charge < -0.3 is 14.8 Å². The number of carbonyl (C=O) groups is 1. The summed E-state index contributed by atoms with van der Waals surface area (Å²) < 4.78 is 38.5. The number of benzene rings is 2. The van der Waals surface area contributed by atoms with Gasteiger partial charge in [0, 0.05) is 10.7 Å². The SMILES string of the molecule is COc1ccc(NS(=O)(=O)c2cc(Cl)cc3c2OC(C)C(=O)N3)cc1. The molecule has 0 spiro atoms. The fourth-order valence-corrected chi connectivity index (χ4v) is 3.84. The number of sulfonamides is 1. The highest BCUT2D eigenvalue weighted by molar-refractivity contribution is 7.92. The van der Waals surface area contributed by atoms with Gasteiger partial charge in [0.15, 0.2) is 11.9 Å². The number of hydrogen-bond acceptors (Lipinski definition) is 5. The average molecular weight is 383 g/mol. The van der Waals surface area contributed by atoms with Gasteiger partial charge in [0.2, 0.25) is 0 Å². The molecule has 1 amide bonds. The van der Waals surface area contributed by atoms with Crippen molar-refractivity contribution in [3.05, 3.63) is 41.4 Å². The molecule has 3 rings (SSSR count). The van der Waals surface area contributed by atoms with Crippen molar-refractivity contribution in [1.29, 1.82) is 0 Å². The minimum Gasteiger partial charge on any atom is -0.497 e. The Bertz CT molecular complexity index is 928. The third kappa shape index (κ3) is 3.49. The van der Waals surface area contributed by atoms with Crippen LogP contribution >= 0.6 is 11.6 Å². The van der Waals surface area contributed by atoms with Gasteiger partial charge in [0.25, 0.3) is 15.9 Å². The standard InChI is InChI=1S/C16H15ClN2O5S/c1-9-16(20)18-13-7-10(17)8-14(15(13)24-9)25(21,22)19-11-3-5-12(23-2)6-4-11/h3-9,19H,1-2H3,(H,18,20). The van der Waals surface area contributed by atoms with Crippen LogP contribution in [0, 0.1) is 0 Å². The second-order valence-electron chi connectivity index (χ2n) is 5.36. The van der Waals surface area contributed by atoms with Crippen LogP contribution in [0.3, 0.4) is 0 Å². The summed E-state index contributed by atoms with van der Waals surface area (Å²) >= 11 is 6.00. The van der Waals surface area contributed by atoms with Gasteiger partial charge in [-0.15, -0.1) is 0 Å². The number of rotatable bonds is 4. The van der Waals surface area contributed by atoms with E-state index in [4.69, 9.17) is 21.1 Å². The van der Waals surface area contributed by atoms with E-state index in [1.54, 1.807) is 24.3 Å². The summed E-state index contributed by atoms with van der Waals surface area (Å²) in [6.45, 7) is 1.53. The van der Waals surface area contributed by atoms with Crippen LogP contribution in [0.2, 0.25) is 5.02 Å². The highest BCUT2D eigenvalue weighted by atomic mass is 35.5. The Hall–Kier alpha value is -2.45. The molecule has 0 aliphatic carbocycles. The van der Waals surface area contributed by atoms with Gasteiger partial charge in [-0.2, -0.15) is 0 Å². The fraction of sp³-hybridized carbons (Fsp3) is 0.188. The molecule has 2 aromatic rings. The summed E-state index contributed by atoms with van der Waals surface area (Å²) in [4.78, 5) is 11.6. The van der Waals surface area contributed by atoms with Crippen LogP contribution in [0.5, 0.6) is 11.5 Å². The smallest absolute Gasteiger partial charge is 0.265 e. The van der Waals surface area contributed by atoms with Crippen molar-refractivity contribution in [2.24, 2.45) is 0 Å². The summed E-state index contributed by atoms with van der Waals surface area (Å²) in [5.74, 6) is 0.279. The Balaban J connectivity index is 2.00. The van der Waals surface area contributed by atoms with Crippen LogP contribution in [-0.2, 0) is 14.8 Å². The zero-order valence-electron chi connectivity index (χ0n) is 13.4. The van der Waals surface area contributed by atoms with E-state index in [1.807, 2.05) is 0 Å². The van der Waals surface area contributed by atoms with Crippen LogP contribution in [0.25, 0.3) is 0 Å². The molecule has 1 unspecified atom stereocenters. The molecule has 132 valence electrons. The number of methoxy groups -OCH3 is 1. The van der Waals surface area contributed by atoms with Crippen molar-refractivity contribution in [3.63, 3.8) is 0 Å². The monoisotopic (exact) mass is 382 g/mol. The molecule has 0 aromatic heterocycles. The van der Waals surface area contributed by atoms with Gasteiger partial charge in [-0.25, -0.2) is 8.42 Å². The number of nitrogens with one attached hydrogen (secondary N) is 2. The van der Waals surface area contributed by atoms with Gasteiger partial charge in [-0.3, -0.25) is 9.52 Å². The molecule has 1 aliphatic heterocycles. The normalized spacial score (nSPS) is 16.4. The lowest BCUT2D eigenvalue weighted by Gasteiger charge is -2.25. The molecule has 1 atom stereocenters. The van der Waals surface area contributed by atoms with Crippen LogP contribution in [-0.4, -0.2) is 27.5 Å². The number of anilines is 2. The van der Waals surface area contributed by atoms with Crippen LogP contribution in [0.1, 0.15) is 6.92 Å².